The maximum atomic E-state index is 12.6. The second kappa shape index (κ2) is 7.38. The standard InChI is InChI=1S/C16H24F2N4O/c17-16(18)22-10-6-14(19-22)15(23)21-9-4-5-13(12-21)11-20-7-2-1-3-8-20/h6,10,13,16H,1-5,7-9,11-12H2/t13-/m1/s1. The van der Waals surface area contributed by atoms with Crippen LogP contribution in [-0.4, -0.2) is 58.2 Å². The van der Waals surface area contributed by atoms with Gasteiger partial charge in [0.05, 0.1) is 0 Å². The lowest BCUT2D eigenvalue weighted by atomic mass is 9.96. The predicted molar refractivity (Wildman–Crippen MR) is 82.4 cm³/mol. The summed E-state index contributed by atoms with van der Waals surface area (Å²) in [7, 11) is 0. The lowest BCUT2D eigenvalue weighted by Crippen LogP contribution is -2.44. The average Bonchev–Trinajstić information content (AvgIpc) is 3.06. The van der Waals surface area contributed by atoms with Gasteiger partial charge in [0.15, 0.2) is 5.69 Å². The molecule has 1 atom stereocenters. The fraction of sp³-hybridized carbons (Fsp3) is 0.750. The number of halogens is 2. The van der Waals surface area contributed by atoms with Crippen molar-refractivity contribution >= 4 is 5.91 Å². The third-order valence-corrected chi connectivity index (χ3v) is 4.80. The van der Waals surface area contributed by atoms with Gasteiger partial charge in [0, 0.05) is 25.8 Å². The molecule has 128 valence electrons. The summed E-state index contributed by atoms with van der Waals surface area (Å²) < 4.78 is 25.7. The first-order chi connectivity index (χ1) is 11.1. The molecule has 0 aliphatic carbocycles. The molecular formula is C16H24F2N4O. The zero-order valence-electron chi connectivity index (χ0n) is 13.3. The smallest absolute Gasteiger partial charge is 0.333 e. The summed E-state index contributed by atoms with van der Waals surface area (Å²) in [6, 6.07) is 1.38. The van der Waals surface area contributed by atoms with Crippen LogP contribution in [0, 0.1) is 5.92 Å². The Kier molecular flexibility index (Phi) is 5.25. The summed E-state index contributed by atoms with van der Waals surface area (Å²) in [5.41, 5.74) is 0.115. The zero-order chi connectivity index (χ0) is 16.2. The first-order valence-corrected chi connectivity index (χ1v) is 8.48. The van der Waals surface area contributed by atoms with Crippen molar-refractivity contribution in [3.05, 3.63) is 18.0 Å². The number of likely N-dealkylation sites (tertiary alicyclic amines) is 2. The number of carbonyl (C=O) groups excluding carboxylic acids is 1. The number of hydrogen-bond acceptors (Lipinski definition) is 3. The van der Waals surface area contributed by atoms with E-state index in [2.05, 4.69) is 10.00 Å². The van der Waals surface area contributed by atoms with Crippen LogP contribution in [0.1, 0.15) is 49.1 Å². The lowest BCUT2D eigenvalue weighted by Gasteiger charge is -2.36. The summed E-state index contributed by atoms with van der Waals surface area (Å²) in [5.74, 6) is 0.246. The first kappa shape index (κ1) is 16.4. The van der Waals surface area contributed by atoms with Crippen molar-refractivity contribution < 1.29 is 13.6 Å². The van der Waals surface area contributed by atoms with Crippen LogP contribution >= 0.6 is 0 Å². The molecule has 1 amide bonds. The normalized spacial score (nSPS) is 23.4. The van der Waals surface area contributed by atoms with Crippen LogP contribution in [0.15, 0.2) is 12.3 Å². The number of rotatable bonds is 4. The molecular weight excluding hydrogens is 302 g/mol. The van der Waals surface area contributed by atoms with E-state index < -0.39 is 6.55 Å². The van der Waals surface area contributed by atoms with Crippen molar-refractivity contribution in [1.29, 1.82) is 0 Å². The monoisotopic (exact) mass is 326 g/mol. The Hall–Kier alpha value is -1.50. The fourth-order valence-electron chi connectivity index (χ4n) is 3.63. The van der Waals surface area contributed by atoms with Gasteiger partial charge in [-0.3, -0.25) is 4.79 Å². The van der Waals surface area contributed by atoms with Crippen molar-refractivity contribution in [2.45, 2.75) is 38.7 Å². The number of amides is 1. The molecule has 7 heteroatoms. The molecule has 23 heavy (non-hydrogen) atoms. The van der Waals surface area contributed by atoms with Crippen LogP contribution in [0.4, 0.5) is 8.78 Å². The molecule has 2 aliphatic rings. The summed E-state index contributed by atoms with van der Waals surface area (Å²) >= 11 is 0. The second-order valence-corrected chi connectivity index (χ2v) is 6.58. The summed E-state index contributed by atoms with van der Waals surface area (Å²) in [6.07, 6.45) is 7.11. The number of nitrogens with zero attached hydrogens (tertiary/aromatic N) is 4. The maximum absolute atomic E-state index is 12.6. The number of piperidine rings is 2. The third kappa shape index (κ3) is 4.07. The van der Waals surface area contributed by atoms with E-state index in [1.807, 2.05) is 0 Å². The minimum Gasteiger partial charge on any atom is -0.337 e. The summed E-state index contributed by atoms with van der Waals surface area (Å²) in [5, 5.41) is 3.69. The number of carbonyl (C=O) groups is 1. The Morgan fingerprint density at radius 3 is 2.70 bits per heavy atom. The highest BCUT2D eigenvalue weighted by atomic mass is 19.3. The number of aromatic nitrogens is 2. The van der Waals surface area contributed by atoms with E-state index in [0.29, 0.717) is 23.7 Å². The van der Waals surface area contributed by atoms with E-state index in [1.54, 1.807) is 4.90 Å². The van der Waals surface area contributed by atoms with Crippen LogP contribution in [0.3, 0.4) is 0 Å². The Labute approximate surface area is 135 Å². The van der Waals surface area contributed by atoms with E-state index in [1.165, 1.54) is 25.3 Å². The highest BCUT2D eigenvalue weighted by Crippen LogP contribution is 2.21. The Balaban J connectivity index is 1.57. The van der Waals surface area contributed by atoms with Gasteiger partial charge >= 0.3 is 6.55 Å². The van der Waals surface area contributed by atoms with Crippen LogP contribution in [-0.2, 0) is 0 Å². The highest BCUT2D eigenvalue weighted by Gasteiger charge is 2.27. The average molecular weight is 326 g/mol. The molecule has 5 nitrogen and oxygen atoms in total. The molecule has 1 aromatic heterocycles. The summed E-state index contributed by atoms with van der Waals surface area (Å²) in [4.78, 5) is 16.7. The second-order valence-electron chi connectivity index (χ2n) is 6.58. The van der Waals surface area contributed by atoms with Gasteiger partial charge in [0.1, 0.15) is 0 Å². The van der Waals surface area contributed by atoms with Crippen LogP contribution < -0.4 is 0 Å². The number of alkyl halides is 2. The van der Waals surface area contributed by atoms with Gasteiger partial charge in [-0.15, -0.1) is 0 Å². The molecule has 0 radical (unpaired) electrons. The zero-order valence-corrected chi connectivity index (χ0v) is 13.3. The van der Waals surface area contributed by atoms with E-state index in [0.717, 1.165) is 38.7 Å². The largest absolute Gasteiger partial charge is 0.337 e. The van der Waals surface area contributed by atoms with E-state index in [4.69, 9.17) is 0 Å². The molecule has 3 rings (SSSR count). The maximum Gasteiger partial charge on any atom is 0.333 e. The molecule has 0 bridgehead atoms. The SMILES string of the molecule is O=C(c1ccn(C(F)F)n1)N1CCC[C@H](CN2CCCCC2)C1. The van der Waals surface area contributed by atoms with Crippen molar-refractivity contribution in [2.24, 2.45) is 5.92 Å². The predicted octanol–water partition coefficient (Wildman–Crippen LogP) is 2.62. The molecule has 3 heterocycles. The van der Waals surface area contributed by atoms with Gasteiger partial charge in [-0.25, -0.2) is 4.68 Å². The topological polar surface area (TPSA) is 41.4 Å². The third-order valence-electron chi connectivity index (χ3n) is 4.80. The highest BCUT2D eigenvalue weighted by molar-refractivity contribution is 5.92. The van der Waals surface area contributed by atoms with Crippen LogP contribution in [0.2, 0.25) is 0 Å². The minimum absolute atomic E-state index is 0.115. The quantitative estimate of drug-likeness (QED) is 0.854. The molecule has 0 N–H and O–H groups in total. The van der Waals surface area contributed by atoms with Gasteiger partial charge in [-0.05, 0) is 50.8 Å². The van der Waals surface area contributed by atoms with E-state index in [-0.39, 0.29) is 11.6 Å². The molecule has 2 fully saturated rings. The molecule has 0 saturated carbocycles. The molecule has 1 aromatic rings. The van der Waals surface area contributed by atoms with Crippen LogP contribution in [0.5, 0.6) is 0 Å². The fourth-order valence-corrected chi connectivity index (χ4v) is 3.63. The Morgan fingerprint density at radius 2 is 2.00 bits per heavy atom. The molecule has 2 saturated heterocycles. The van der Waals surface area contributed by atoms with Gasteiger partial charge in [-0.2, -0.15) is 13.9 Å². The lowest BCUT2D eigenvalue weighted by molar-refractivity contribution is 0.0534. The molecule has 0 unspecified atom stereocenters. The van der Waals surface area contributed by atoms with Crippen molar-refractivity contribution in [2.75, 3.05) is 32.7 Å². The van der Waals surface area contributed by atoms with E-state index in [9.17, 15) is 13.6 Å². The van der Waals surface area contributed by atoms with Crippen molar-refractivity contribution in [1.82, 2.24) is 19.6 Å². The molecule has 2 aliphatic heterocycles. The van der Waals surface area contributed by atoms with Crippen molar-refractivity contribution in [3.63, 3.8) is 0 Å². The van der Waals surface area contributed by atoms with Crippen LogP contribution in [0.25, 0.3) is 0 Å². The Morgan fingerprint density at radius 1 is 1.22 bits per heavy atom. The van der Waals surface area contributed by atoms with Crippen molar-refractivity contribution in [3.8, 4) is 0 Å². The summed E-state index contributed by atoms with van der Waals surface area (Å²) in [6.45, 7) is 2.04. The minimum atomic E-state index is -2.70. The van der Waals surface area contributed by atoms with E-state index >= 15 is 0 Å². The van der Waals surface area contributed by atoms with Gasteiger partial charge in [0.25, 0.3) is 5.91 Å². The van der Waals surface area contributed by atoms with Gasteiger partial charge in [0.2, 0.25) is 0 Å². The number of hydrogen-bond donors (Lipinski definition) is 0. The van der Waals surface area contributed by atoms with Gasteiger partial charge in [-0.1, -0.05) is 6.42 Å². The molecule has 0 aromatic carbocycles. The molecule has 0 spiro atoms. The Bertz CT molecular complexity index is 528. The van der Waals surface area contributed by atoms with Gasteiger partial charge < -0.3 is 9.80 Å². The first-order valence-electron chi connectivity index (χ1n) is 8.48.